The van der Waals surface area contributed by atoms with E-state index in [1.165, 1.54) is 67.9 Å². The van der Waals surface area contributed by atoms with E-state index >= 15 is 0 Å². The first-order valence-electron chi connectivity index (χ1n) is 12.5. The summed E-state index contributed by atoms with van der Waals surface area (Å²) in [6.45, 7) is 4.70. The molecule has 198 valence electrons. The number of ether oxygens (including phenoxy) is 1. The molecule has 1 saturated carbocycles. The summed E-state index contributed by atoms with van der Waals surface area (Å²) in [5.41, 5.74) is 3.57. The van der Waals surface area contributed by atoms with Crippen LogP contribution in [0.4, 0.5) is 5.69 Å². The number of carboxylic acid groups (broad SMARTS) is 1. The number of fused-ring (bicyclic) bond motifs is 1. The van der Waals surface area contributed by atoms with E-state index in [1.54, 1.807) is 18.2 Å². The van der Waals surface area contributed by atoms with Gasteiger partial charge < -0.3 is 9.84 Å². The molecule has 1 heterocycles. The highest BCUT2D eigenvalue weighted by Gasteiger charge is 2.27. The summed E-state index contributed by atoms with van der Waals surface area (Å²) in [5, 5.41) is 10.0. The van der Waals surface area contributed by atoms with Gasteiger partial charge in [-0.3, -0.25) is 4.72 Å². The molecule has 9 heteroatoms. The van der Waals surface area contributed by atoms with Gasteiger partial charge in [-0.1, -0.05) is 38.1 Å². The standard InChI is InChI=1S/C29H30N2O5S2/c1-29(2)14-12-19(13-15-29)18-4-6-20(7-5-18)27-30-24-17-22(9-11-26(24)37-27)38(34,35)31-23-10-8-21(28(32)33)16-25(23)36-3/h4-11,16-17,19,31H,12-15H2,1-3H3,(H,32,33). The Labute approximate surface area is 226 Å². The Hall–Kier alpha value is -3.43. The molecule has 2 N–H and O–H groups in total. The van der Waals surface area contributed by atoms with E-state index in [1.807, 2.05) is 0 Å². The molecule has 5 rings (SSSR count). The molecular weight excluding hydrogens is 520 g/mol. The summed E-state index contributed by atoms with van der Waals surface area (Å²) < 4.78 is 34.8. The number of sulfonamides is 1. The third-order valence-corrected chi connectivity index (χ3v) is 9.78. The van der Waals surface area contributed by atoms with Crippen molar-refractivity contribution in [1.82, 2.24) is 4.98 Å². The Morgan fingerprint density at radius 2 is 1.76 bits per heavy atom. The van der Waals surface area contributed by atoms with E-state index in [0.717, 1.165) is 15.3 Å². The van der Waals surface area contributed by atoms with E-state index in [4.69, 9.17) is 9.72 Å². The Morgan fingerprint density at radius 1 is 1.05 bits per heavy atom. The minimum absolute atomic E-state index is 0.00283. The smallest absolute Gasteiger partial charge is 0.335 e. The Morgan fingerprint density at radius 3 is 2.42 bits per heavy atom. The van der Waals surface area contributed by atoms with Crippen LogP contribution in [0.5, 0.6) is 5.75 Å². The number of thiazole rings is 1. The second kappa shape index (κ2) is 10.0. The number of carboxylic acids is 1. The highest BCUT2D eigenvalue weighted by molar-refractivity contribution is 7.92. The van der Waals surface area contributed by atoms with Crippen LogP contribution in [0.3, 0.4) is 0 Å². The van der Waals surface area contributed by atoms with Gasteiger partial charge in [0.25, 0.3) is 10.0 Å². The minimum Gasteiger partial charge on any atom is -0.495 e. The zero-order chi connectivity index (χ0) is 27.1. The van der Waals surface area contributed by atoms with Crippen molar-refractivity contribution in [3.8, 4) is 16.3 Å². The van der Waals surface area contributed by atoms with Gasteiger partial charge in [0.15, 0.2) is 0 Å². The average Bonchev–Trinajstić information content (AvgIpc) is 3.32. The number of anilines is 1. The number of nitrogens with one attached hydrogen (secondary N) is 1. The van der Waals surface area contributed by atoms with Crippen LogP contribution >= 0.6 is 11.3 Å². The maximum atomic E-state index is 13.1. The molecule has 4 aromatic rings. The quantitative estimate of drug-likeness (QED) is 0.253. The van der Waals surface area contributed by atoms with Gasteiger partial charge in [0.2, 0.25) is 0 Å². The lowest BCUT2D eigenvalue weighted by atomic mass is 9.71. The Kier molecular flexibility index (Phi) is 6.92. The lowest BCUT2D eigenvalue weighted by Crippen LogP contribution is -2.20. The van der Waals surface area contributed by atoms with Crippen LogP contribution in [0.2, 0.25) is 0 Å². The van der Waals surface area contributed by atoms with Gasteiger partial charge >= 0.3 is 5.97 Å². The molecule has 1 aromatic heterocycles. The molecule has 0 radical (unpaired) electrons. The number of aromatic carboxylic acids is 1. The number of methoxy groups -OCH3 is 1. The van der Waals surface area contributed by atoms with Crippen molar-refractivity contribution >= 4 is 43.2 Å². The number of aromatic nitrogens is 1. The molecule has 0 bridgehead atoms. The van der Waals surface area contributed by atoms with Crippen molar-refractivity contribution in [1.29, 1.82) is 0 Å². The second-order valence-electron chi connectivity index (χ2n) is 10.5. The van der Waals surface area contributed by atoms with Crippen molar-refractivity contribution < 1.29 is 23.1 Å². The molecule has 1 fully saturated rings. The second-order valence-corrected chi connectivity index (χ2v) is 13.2. The van der Waals surface area contributed by atoms with Crippen molar-refractivity contribution in [3.05, 3.63) is 71.8 Å². The average molecular weight is 551 g/mol. The van der Waals surface area contributed by atoms with Gasteiger partial charge in [-0.2, -0.15) is 0 Å². The number of hydrogen-bond acceptors (Lipinski definition) is 6. The number of rotatable bonds is 7. The lowest BCUT2D eigenvalue weighted by Gasteiger charge is -2.34. The summed E-state index contributed by atoms with van der Waals surface area (Å²) >= 11 is 1.52. The van der Waals surface area contributed by atoms with E-state index in [-0.39, 0.29) is 21.9 Å². The fourth-order valence-corrected chi connectivity index (χ4v) is 6.98. The maximum absolute atomic E-state index is 13.1. The maximum Gasteiger partial charge on any atom is 0.335 e. The van der Waals surface area contributed by atoms with Crippen LogP contribution in [0, 0.1) is 5.41 Å². The highest BCUT2D eigenvalue weighted by Crippen LogP contribution is 2.43. The van der Waals surface area contributed by atoms with Gasteiger partial charge in [0.1, 0.15) is 10.8 Å². The molecule has 0 aliphatic heterocycles. The zero-order valence-electron chi connectivity index (χ0n) is 21.5. The van der Waals surface area contributed by atoms with Gasteiger partial charge in [-0.15, -0.1) is 11.3 Å². The normalized spacial score (nSPS) is 15.9. The van der Waals surface area contributed by atoms with E-state index in [2.05, 4.69) is 42.8 Å². The van der Waals surface area contributed by atoms with Gasteiger partial charge in [-0.05, 0) is 79.0 Å². The molecule has 0 spiro atoms. The van der Waals surface area contributed by atoms with Crippen molar-refractivity contribution in [2.24, 2.45) is 5.41 Å². The predicted molar refractivity (Wildman–Crippen MR) is 151 cm³/mol. The third-order valence-electron chi connectivity index (χ3n) is 7.33. The molecule has 0 amide bonds. The van der Waals surface area contributed by atoms with E-state index in [0.29, 0.717) is 16.8 Å². The van der Waals surface area contributed by atoms with Crippen molar-refractivity contribution in [3.63, 3.8) is 0 Å². The van der Waals surface area contributed by atoms with Crippen LogP contribution in [0.1, 0.15) is 61.4 Å². The van der Waals surface area contributed by atoms with Crippen LogP contribution in [-0.4, -0.2) is 31.6 Å². The van der Waals surface area contributed by atoms with Crippen molar-refractivity contribution in [2.45, 2.75) is 50.3 Å². The number of hydrogen-bond donors (Lipinski definition) is 2. The third kappa shape index (κ3) is 5.39. The van der Waals surface area contributed by atoms with Gasteiger partial charge in [0, 0.05) is 5.56 Å². The summed E-state index contributed by atoms with van der Waals surface area (Å²) in [6.07, 6.45) is 4.93. The topological polar surface area (TPSA) is 106 Å². The fourth-order valence-electron chi connectivity index (χ4n) is 4.94. The first-order valence-corrected chi connectivity index (χ1v) is 14.8. The Bertz CT molecular complexity index is 1600. The number of nitrogens with zero attached hydrogens (tertiary/aromatic N) is 1. The molecule has 1 aliphatic carbocycles. The van der Waals surface area contributed by atoms with Gasteiger partial charge in [0.05, 0.1) is 33.5 Å². The summed E-state index contributed by atoms with van der Waals surface area (Å²) in [5.74, 6) is -0.410. The number of carbonyl (C=O) groups is 1. The molecule has 0 saturated heterocycles. The molecule has 0 atom stereocenters. The SMILES string of the molecule is COc1cc(C(=O)O)ccc1NS(=O)(=O)c1ccc2sc(-c3ccc(C4CCC(C)(C)CC4)cc3)nc2c1. The van der Waals surface area contributed by atoms with Crippen molar-refractivity contribution in [2.75, 3.05) is 11.8 Å². The summed E-state index contributed by atoms with van der Waals surface area (Å²) in [4.78, 5) is 16.0. The first-order chi connectivity index (χ1) is 18.0. The monoisotopic (exact) mass is 550 g/mol. The van der Waals surface area contributed by atoms with E-state index < -0.39 is 16.0 Å². The molecule has 3 aromatic carbocycles. The molecule has 7 nitrogen and oxygen atoms in total. The number of benzene rings is 3. The lowest BCUT2D eigenvalue weighted by molar-refractivity contribution is 0.0696. The molecule has 1 aliphatic rings. The van der Waals surface area contributed by atoms with Crippen LogP contribution in [-0.2, 0) is 10.0 Å². The largest absolute Gasteiger partial charge is 0.495 e. The zero-order valence-corrected chi connectivity index (χ0v) is 23.2. The van der Waals surface area contributed by atoms with E-state index in [9.17, 15) is 18.3 Å². The Balaban J connectivity index is 1.36. The van der Waals surface area contributed by atoms with Crippen LogP contribution in [0.15, 0.2) is 65.6 Å². The fraction of sp³-hybridized carbons (Fsp3) is 0.310. The predicted octanol–water partition coefficient (Wildman–Crippen LogP) is 7.15. The summed E-state index contributed by atoms with van der Waals surface area (Å²) in [6, 6.07) is 17.4. The van der Waals surface area contributed by atoms with Crippen LogP contribution < -0.4 is 9.46 Å². The molecule has 38 heavy (non-hydrogen) atoms. The molecular formula is C29H30N2O5S2. The minimum atomic E-state index is -3.97. The van der Waals surface area contributed by atoms with Gasteiger partial charge in [-0.25, -0.2) is 18.2 Å². The summed E-state index contributed by atoms with van der Waals surface area (Å²) in [7, 11) is -2.61. The first kappa shape index (κ1) is 26.2. The molecule has 0 unspecified atom stereocenters. The van der Waals surface area contributed by atoms with Crippen LogP contribution in [0.25, 0.3) is 20.8 Å². The highest BCUT2D eigenvalue weighted by atomic mass is 32.2.